The van der Waals surface area contributed by atoms with Crippen molar-refractivity contribution in [1.82, 2.24) is 0 Å². The van der Waals surface area contributed by atoms with Crippen LogP contribution < -0.4 is 10.2 Å². The predicted molar refractivity (Wildman–Crippen MR) is 83.5 cm³/mol. The number of hydrogen-bond donors (Lipinski definition) is 0. The van der Waals surface area contributed by atoms with Crippen LogP contribution in [0.25, 0.3) is 0 Å². The number of carbonyl (C=O) groups is 1. The van der Waals surface area contributed by atoms with E-state index in [-0.39, 0.29) is 0 Å². The highest BCUT2D eigenvalue weighted by atomic mass is 16.7. The maximum absolute atomic E-state index is 11.3. The minimum absolute atomic E-state index is 0.424. The summed E-state index contributed by atoms with van der Waals surface area (Å²) in [6.07, 6.45) is 0.812. The van der Waals surface area contributed by atoms with Gasteiger partial charge in [-0.2, -0.15) is 0 Å². The molecule has 4 nitrogen and oxygen atoms in total. The molecule has 0 N–H and O–H groups in total. The van der Waals surface area contributed by atoms with Gasteiger partial charge in [0.05, 0.1) is 23.4 Å². The summed E-state index contributed by atoms with van der Waals surface area (Å²) in [5.41, 5.74) is 1.43. The number of rotatable bonds is 4. The van der Waals surface area contributed by atoms with Gasteiger partial charge in [-0.15, -0.1) is 0 Å². The molecule has 5 heteroatoms. The van der Waals surface area contributed by atoms with Gasteiger partial charge in [0.15, 0.2) is 6.29 Å². The summed E-state index contributed by atoms with van der Waals surface area (Å²) in [4.78, 5) is 11.3. The lowest BCUT2D eigenvalue weighted by atomic mass is 9.76. The van der Waals surface area contributed by atoms with Crippen LogP contribution in [0.5, 0.6) is 5.75 Å². The van der Waals surface area contributed by atoms with Gasteiger partial charge in [0.25, 0.3) is 0 Å². The first-order chi connectivity index (χ1) is 9.71. The van der Waals surface area contributed by atoms with Crippen LogP contribution in [0.3, 0.4) is 0 Å². The first-order valence-electron chi connectivity index (χ1n) is 7.30. The fourth-order valence-corrected chi connectivity index (χ4v) is 2.37. The van der Waals surface area contributed by atoms with E-state index < -0.39 is 18.3 Å². The van der Waals surface area contributed by atoms with Gasteiger partial charge in [-0.05, 0) is 47.6 Å². The highest BCUT2D eigenvalue weighted by Gasteiger charge is 2.52. The third kappa shape index (κ3) is 2.85. The van der Waals surface area contributed by atoms with Crippen molar-refractivity contribution in [2.75, 3.05) is 6.61 Å². The van der Waals surface area contributed by atoms with Crippen LogP contribution in [0.2, 0.25) is 0 Å². The van der Waals surface area contributed by atoms with Crippen molar-refractivity contribution >= 4 is 18.9 Å². The smallest absolute Gasteiger partial charge is 0.493 e. The van der Waals surface area contributed by atoms with Crippen LogP contribution in [-0.2, 0) is 9.31 Å². The summed E-state index contributed by atoms with van der Waals surface area (Å²) in [6.45, 7) is 12.3. The number of aryl methyl sites for hydroxylation is 1. The molecule has 2 rings (SSSR count). The topological polar surface area (TPSA) is 44.8 Å². The third-order valence-electron chi connectivity index (χ3n) is 4.21. The zero-order valence-corrected chi connectivity index (χ0v) is 13.6. The zero-order valence-electron chi connectivity index (χ0n) is 13.6. The van der Waals surface area contributed by atoms with Gasteiger partial charge >= 0.3 is 7.12 Å². The van der Waals surface area contributed by atoms with E-state index in [1.165, 1.54) is 0 Å². The van der Waals surface area contributed by atoms with Gasteiger partial charge in [-0.1, -0.05) is 11.6 Å². The molecule has 0 radical (unpaired) electrons. The molecule has 1 fully saturated rings. The first kappa shape index (κ1) is 16.1. The molecule has 21 heavy (non-hydrogen) atoms. The van der Waals surface area contributed by atoms with E-state index in [2.05, 4.69) is 0 Å². The van der Waals surface area contributed by atoms with Gasteiger partial charge < -0.3 is 14.0 Å². The summed E-state index contributed by atoms with van der Waals surface area (Å²) < 4.78 is 17.8. The second-order valence-corrected chi connectivity index (χ2v) is 6.41. The summed E-state index contributed by atoms with van der Waals surface area (Å²) in [7, 11) is -0.532. The Labute approximate surface area is 126 Å². The number of ether oxygens (including phenoxy) is 1. The monoisotopic (exact) mass is 290 g/mol. The van der Waals surface area contributed by atoms with Gasteiger partial charge in [-0.3, -0.25) is 4.79 Å². The molecule has 0 saturated carbocycles. The fourth-order valence-electron chi connectivity index (χ4n) is 2.37. The number of aldehydes is 1. The van der Waals surface area contributed by atoms with Crippen LogP contribution in [0.1, 0.15) is 50.5 Å². The van der Waals surface area contributed by atoms with Crippen molar-refractivity contribution < 1.29 is 18.8 Å². The van der Waals surface area contributed by atoms with Gasteiger partial charge in [0.1, 0.15) is 5.75 Å². The zero-order chi connectivity index (χ0) is 15.8. The highest BCUT2D eigenvalue weighted by Crippen LogP contribution is 2.37. The van der Waals surface area contributed by atoms with E-state index in [1.54, 1.807) is 0 Å². The standard InChI is InChI=1S/C16H23BO4/c1-7-19-14-12(10-18)8-11(2)9-13(14)17-20-15(3,4)16(5,6)21-17/h8-10H,7H2,1-6H3. The Morgan fingerprint density at radius 2 is 1.76 bits per heavy atom. The van der Waals surface area contributed by atoms with Crippen LogP contribution in [0, 0.1) is 6.92 Å². The van der Waals surface area contributed by atoms with Crippen LogP contribution >= 0.6 is 0 Å². The van der Waals surface area contributed by atoms with Gasteiger partial charge in [-0.25, -0.2) is 0 Å². The molecule has 1 saturated heterocycles. The van der Waals surface area contributed by atoms with E-state index in [9.17, 15) is 4.79 Å². The molecule has 1 aromatic carbocycles. The molecule has 0 spiro atoms. The Balaban J connectivity index is 2.49. The molecular formula is C16H23BO4. The van der Waals surface area contributed by atoms with Crippen molar-refractivity contribution in [3.8, 4) is 5.75 Å². The fraction of sp³-hybridized carbons (Fsp3) is 0.562. The van der Waals surface area contributed by atoms with E-state index in [4.69, 9.17) is 14.0 Å². The Morgan fingerprint density at radius 1 is 1.19 bits per heavy atom. The van der Waals surface area contributed by atoms with Crippen LogP contribution in [0.15, 0.2) is 12.1 Å². The molecule has 0 aromatic heterocycles. The third-order valence-corrected chi connectivity index (χ3v) is 4.21. The molecule has 1 aliphatic rings. The Bertz CT molecular complexity index is 535. The van der Waals surface area contributed by atoms with Crippen molar-refractivity contribution in [3.63, 3.8) is 0 Å². The van der Waals surface area contributed by atoms with Crippen molar-refractivity contribution in [3.05, 3.63) is 23.3 Å². The molecule has 114 valence electrons. The average Bonchev–Trinajstić information content (AvgIpc) is 2.60. The maximum atomic E-state index is 11.3. The van der Waals surface area contributed by atoms with E-state index >= 15 is 0 Å². The molecule has 0 bridgehead atoms. The lowest BCUT2D eigenvalue weighted by molar-refractivity contribution is 0.00578. The molecule has 0 amide bonds. The summed E-state index contributed by atoms with van der Waals surface area (Å²) in [5.74, 6) is 0.552. The highest BCUT2D eigenvalue weighted by molar-refractivity contribution is 6.63. The SMILES string of the molecule is CCOc1c(C=O)cc(C)cc1B1OC(C)(C)C(C)(C)O1. The normalized spacial score (nSPS) is 19.6. The lowest BCUT2D eigenvalue weighted by Crippen LogP contribution is -2.41. The molecule has 1 aliphatic heterocycles. The van der Waals surface area contributed by atoms with Gasteiger partial charge in [0.2, 0.25) is 0 Å². The van der Waals surface area contributed by atoms with Crippen LogP contribution in [-0.4, -0.2) is 31.2 Å². The predicted octanol–water partition coefficient (Wildman–Crippen LogP) is 2.51. The number of benzene rings is 1. The van der Waals surface area contributed by atoms with E-state index in [0.717, 1.165) is 17.3 Å². The second-order valence-electron chi connectivity index (χ2n) is 6.41. The molecule has 0 aliphatic carbocycles. The Morgan fingerprint density at radius 3 is 2.24 bits per heavy atom. The van der Waals surface area contributed by atoms with E-state index in [0.29, 0.717) is 17.9 Å². The Hall–Kier alpha value is -1.33. The van der Waals surface area contributed by atoms with Crippen molar-refractivity contribution in [2.45, 2.75) is 52.7 Å². The molecule has 1 heterocycles. The van der Waals surface area contributed by atoms with Crippen LogP contribution in [0.4, 0.5) is 0 Å². The minimum Gasteiger partial charge on any atom is -0.493 e. The molecule has 0 unspecified atom stereocenters. The quantitative estimate of drug-likeness (QED) is 0.631. The summed E-state index contributed by atoms with van der Waals surface area (Å²) in [5, 5.41) is 0. The van der Waals surface area contributed by atoms with Crippen molar-refractivity contribution in [2.24, 2.45) is 0 Å². The summed E-state index contributed by atoms with van der Waals surface area (Å²) in [6, 6.07) is 3.77. The van der Waals surface area contributed by atoms with Gasteiger partial charge in [0, 0.05) is 5.46 Å². The summed E-state index contributed by atoms with van der Waals surface area (Å²) >= 11 is 0. The molecular weight excluding hydrogens is 267 g/mol. The Kier molecular flexibility index (Phi) is 4.18. The molecule has 0 atom stereocenters. The minimum atomic E-state index is -0.532. The average molecular weight is 290 g/mol. The number of carbonyl (C=O) groups excluding carboxylic acids is 1. The first-order valence-corrected chi connectivity index (χ1v) is 7.30. The van der Waals surface area contributed by atoms with E-state index in [1.807, 2.05) is 53.7 Å². The number of hydrogen-bond acceptors (Lipinski definition) is 4. The largest absolute Gasteiger partial charge is 0.498 e. The molecule has 1 aromatic rings. The van der Waals surface area contributed by atoms with Crippen molar-refractivity contribution in [1.29, 1.82) is 0 Å². The lowest BCUT2D eigenvalue weighted by Gasteiger charge is -2.32. The second kappa shape index (κ2) is 5.46. The maximum Gasteiger partial charge on any atom is 0.498 e.